The van der Waals surface area contributed by atoms with Crippen LogP contribution in [0, 0.1) is 6.92 Å². The molecule has 1 saturated carbocycles. The maximum atomic E-state index is 12.3. The molecule has 0 amide bonds. The molecule has 0 N–H and O–H groups in total. The predicted molar refractivity (Wildman–Crippen MR) is 100 cm³/mol. The molecular weight excluding hydrogens is 368 g/mol. The van der Waals surface area contributed by atoms with Crippen molar-refractivity contribution in [3.05, 3.63) is 58.5 Å². The van der Waals surface area contributed by atoms with E-state index in [9.17, 15) is 9.59 Å². The minimum absolute atomic E-state index is 0.113. The second kappa shape index (κ2) is 6.70. The van der Waals surface area contributed by atoms with Gasteiger partial charge in [-0.15, -0.1) is 0 Å². The van der Waals surface area contributed by atoms with Gasteiger partial charge in [0.2, 0.25) is 0 Å². The summed E-state index contributed by atoms with van der Waals surface area (Å²) >= 11 is 5.90. The van der Waals surface area contributed by atoms with Crippen LogP contribution in [0.1, 0.15) is 45.4 Å². The molecule has 0 unspecified atom stereocenters. The highest BCUT2D eigenvalue weighted by molar-refractivity contribution is 6.30. The van der Waals surface area contributed by atoms with Crippen LogP contribution in [0.15, 0.2) is 36.5 Å². The van der Waals surface area contributed by atoms with Crippen LogP contribution in [0.5, 0.6) is 5.75 Å². The summed E-state index contributed by atoms with van der Waals surface area (Å²) in [4.78, 5) is 28.6. The summed E-state index contributed by atoms with van der Waals surface area (Å²) in [5.41, 5.74) is 2.40. The van der Waals surface area contributed by atoms with Gasteiger partial charge < -0.3 is 14.0 Å². The Hall–Kier alpha value is -2.86. The number of methoxy groups -OCH3 is 1. The lowest BCUT2D eigenvalue weighted by Crippen LogP contribution is -2.10. The fraction of sp³-hybridized carbons (Fsp3) is 0.250. The maximum Gasteiger partial charge on any atom is 0.362 e. The van der Waals surface area contributed by atoms with Crippen LogP contribution in [0.25, 0.3) is 10.9 Å². The normalized spacial score (nSPS) is 13.6. The summed E-state index contributed by atoms with van der Waals surface area (Å²) < 4.78 is 12.6. The van der Waals surface area contributed by atoms with E-state index in [-0.39, 0.29) is 5.69 Å². The molecule has 2 heterocycles. The highest BCUT2D eigenvalue weighted by Gasteiger charge is 2.30. The molecule has 1 aromatic carbocycles. The summed E-state index contributed by atoms with van der Waals surface area (Å²) in [6.45, 7) is 1.91. The van der Waals surface area contributed by atoms with E-state index in [1.54, 1.807) is 18.2 Å². The molecule has 0 bridgehead atoms. The molecule has 27 heavy (non-hydrogen) atoms. The molecule has 3 aromatic rings. The summed E-state index contributed by atoms with van der Waals surface area (Å²) in [5, 5.41) is 1.10. The smallest absolute Gasteiger partial charge is 0.362 e. The number of pyridine rings is 1. The number of carbonyl (C=O) groups excluding carboxylic acids is 2. The van der Waals surface area contributed by atoms with E-state index in [1.165, 1.54) is 19.4 Å². The minimum Gasteiger partial charge on any atom is -0.465 e. The Bertz CT molecular complexity index is 1070. The second-order valence-electron chi connectivity index (χ2n) is 6.48. The van der Waals surface area contributed by atoms with E-state index in [1.807, 2.05) is 13.0 Å². The van der Waals surface area contributed by atoms with Gasteiger partial charge in [0.05, 0.1) is 12.7 Å². The Balaban J connectivity index is 1.75. The summed E-state index contributed by atoms with van der Waals surface area (Å²) in [6, 6.07) is 8.68. The Labute approximate surface area is 160 Å². The number of benzene rings is 1. The molecule has 138 valence electrons. The Morgan fingerprint density at radius 3 is 2.63 bits per heavy atom. The number of esters is 2. The van der Waals surface area contributed by atoms with Crippen molar-refractivity contribution in [2.75, 3.05) is 7.11 Å². The van der Waals surface area contributed by atoms with Crippen LogP contribution in [0.2, 0.25) is 5.02 Å². The summed E-state index contributed by atoms with van der Waals surface area (Å²) in [6.07, 6.45) is 3.61. The molecule has 1 aliphatic rings. The van der Waals surface area contributed by atoms with Gasteiger partial charge in [-0.2, -0.15) is 0 Å². The highest BCUT2D eigenvalue weighted by Crippen LogP contribution is 2.42. The van der Waals surface area contributed by atoms with Gasteiger partial charge in [0, 0.05) is 33.9 Å². The largest absolute Gasteiger partial charge is 0.465 e. The number of rotatable bonds is 4. The first-order valence-electron chi connectivity index (χ1n) is 8.56. The van der Waals surface area contributed by atoms with E-state index in [0.717, 1.165) is 24.1 Å². The van der Waals surface area contributed by atoms with Crippen LogP contribution < -0.4 is 4.74 Å². The van der Waals surface area contributed by atoms with Gasteiger partial charge in [0.25, 0.3) is 0 Å². The molecule has 0 saturated heterocycles. The van der Waals surface area contributed by atoms with E-state index in [4.69, 9.17) is 21.1 Å². The van der Waals surface area contributed by atoms with Gasteiger partial charge in [0.15, 0.2) is 0 Å². The van der Waals surface area contributed by atoms with E-state index in [0.29, 0.717) is 27.8 Å². The summed E-state index contributed by atoms with van der Waals surface area (Å²) in [5.74, 6) is -0.695. The predicted octanol–water partition coefficient (Wildman–Crippen LogP) is 4.34. The number of fused-ring (bicyclic) bond motifs is 1. The first kappa shape index (κ1) is 17.5. The van der Waals surface area contributed by atoms with Crippen molar-refractivity contribution < 1.29 is 19.1 Å². The van der Waals surface area contributed by atoms with Gasteiger partial charge in [0.1, 0.15) is 11.4 Å². The lowest BCUT2D eigenvalue weighted by Gasteiger charge is -2.07. The maximum absolute atomic E-state index is 12.3. The van der Waals surface area contributed by atoms with Crippen molar-refractivity contribution in [2.45, 2.75) is 25.8 Å². The van der Waals surface area contributed by atoms with Crippen molar-refractivity contribution in [1.29, 1.82) is 0 Å². The molecule has 0 aliphatic heterocycles. The summed E-state index contributed by atoms with van der Waals surface area (Å²) in [7, 11) is 1.36. The minimum atomic E-state index is -0.616. The van der Waals surface area contributed by atoms with Gasteiger partial charge >= 0.3 is 11.9 Å². The average molecular weight is 385 g/mol. The molecule has 1 fully saturated rings. The van der Waals surface area contributed by atoms with Crippen LogP contribution in [0.3, 0.4) is 0 Å². The zero-order valence-corrected chi connectivity index (χ0v) is 15.6. The number of aromatic nitrogens is 2. The molecule has 4 rings (SSSR count). The van der Waals surface area contributed by atoms with Crippen LogP contribution in [0.4, 0.5) is 0 Å². The fourth-order valence-electron chi connectivity index (χ4n) is 3.32. The second-order valence-corrected chi connectivity index (χ2v) is 6.92. The Kier molecular flexibility index (Phi) is 4.36. The van der Waals surface area contributed by atoms with Gasteiger partial charge in [-0.1, -0.05) is 11.6 Å². The van der Waals surface area contributed by atoms with Crippen molar-refractivity contribution in [3.8, 4) is 5.75 Å². The van der Waals surface area contributed by atoms with Gasteiger partial charge in [-0.25, -0.2) is 14.6 Å². The first-order chi connectivity index (χ1) is 13.0. The molecule has 2 aromatic heterocycles. The molecule has 0 atom stereocenters. The first-order valence-corrected chi connectivity index (χ1v) is 8.94. The van der Waals surface area contributed by atoms with E-state index in [2.05, 4.69) is 9.55 Å². The quantitative estimate of drug-likeness (QED) is 0.494. The topological polar surface area (TPSA) is 70.4 Å². The van der Waals surface area contributed by atoms with Crippen molar-refractivity contribution in [1.82, 2.24) is 9.55 Å². The number of carbonyl (C=O) groups is 2. The van der Waals surface area contributed by atoms with Gasteiger partial charge in [-0.05, 0) is 50.1 Å². The fourth-order valence-corrected chi connectivity index (χ4v) is 3.48. The number of halogens is 1. The number of hydrogen-bond donors (Lipinski definition) is 0. The van der Waals surface area contributed by atoms with Crippen molar-refractivity contribution >= 4 is 34.4 Å². The van der Waals surface area contributed by atoms with Crippen LogP contribution in [-0.2, 0) is 4.74 Å². The Morgan fingerprint density at radius 2 is 1.96 bits per heavy atom. The van der Waals surface area contributed by atoms with E-state index >= 15 is 0 Å². The monoisotopic (exact) mass is 384 g/mol. The lowest BCUT2D eigenvalue weighted by atomic mass is 10.1. The highest BCUT2D eigenvalue weighted by atomic mass is 35.5. The number of nitrogens with zero attached hydrogens (tertiary/aromatic N) is 2. The number of hydrogen-bond acceptors (Lipinski definition) is 5. The Morgan fingerprint density at radius 1 is 1.19 bits per heavy atom. The molecule has 7 heteroatoms. The molecule has 0 spiro atoms. The van der Waals surface area contributed by atoms with E-state index < -0.39 is 11.9 Å². The third-order valence-corrected chi connectivity index (χ3v) is 4.90. The van der Waals surface area contributed by atoms with Gasteiger partial charge in [-0.3, -0.25) is 0 Å². The van der Waals surface area contributed by atoms with Crippen molar-refractivity contribution in [2.24, 2.45) is 0 Å². The van der Waals surface area contributed by atoms with Crippen LogP contribution in [-0.4, -0.2) is 28.6 Å². The molecule has 1 aliphatic carbocycles. The zero-order valence-electron chi connectivity index (χ0n) is 14.9. The van der Waals surface area contributed by atoms with Crippen molar-refractivity contribution in [3.63, 3.8) is 0 Å². The standard InChI is InChI=1S/C20H17ClN2O4/c1-11-18(20(25)26-2)15-10-14(5-6-17(15)23(11)13-3-4-13)27-19(24)16-9-12(21)7-8-22-16/h5-10,13H,3-4H2,1-2H3. The number of ether oxygens (including phenoxy) is 2. The van der Waals surface area contributed by atoms with Crippen LogP contribution >= 0.6 is 11.6 Å². The zero-order chi connectivity index (χ0) is 19.1. The lowest BCUT2D eigenvalue weighted by molar-refractivity contribution is 0.0601. The molecular formula is C20H17ClN2O4. The third kappa shape index (κ3) is 3.17. The average Bonchev–Trinajstić information content (AvgIpc) is 3.44. The SMILES string of the molecule is COC(=O)c1c(C)n(C2CC2)c2ccc(OC(=O)c3cc(Cl)ccn3)cc12. The molecule has 6 nitrogen and oxygen atoms in total. The molecule has 0 radical (unpaired) electrons. The third-order valence-electron chi connectivity index (χ3n) is 4.66.